The molecule has 37 heavy (non-hydrogen) atoms. The number of carbonyl (C=O) groups excluding carboxylic acids is 1. The Morgan fingerprint density at radius 3 is 2.46 bits per heavy atom. The number of nitrogens with one attached hydrogen (secondary N) is 1. The summed E-state index contributed by atoms with van der Waals surface area (Å²) < 4.78 is 6.41. The molecule has 4 aromatic rings. The first-order chi connectivity index (χ1) is 18.0. The smallest absolute Gasteiger partial charge is 0.326 e. The molecule has 1 aliphatic heterocycles. The molecule has 3 heterocycles. The van der Waals surface area contributed by atoms with Crippen molar-refractivity contribution in [1.29, 1.82) is 0 Å². The maximum absolute atomic E-state index is 13.2. The Kier molecular flexibility index (Phi) is 7.14. The predicted molar refractivity (Wildman–Crippen MR) is 145 cm³/mol. The molecule has 1 N–H and O–H groups in total. The number of anilines is 3. The Hall–Kier alpha value is -4.24. The average molecular weight is 499 g/mol. The first-order valence-electron chi connectivity index (χ1n) is 12.4. The Bertz CT molecular complexity index is 1450. The van der Waals surface area contributed by atoms with Gasteiger partial charge < -0.3 is 24.4 Å². The standard InChI is InChI=1S/C28H30N6O3/c1-3-37-25(35)19-34-18-24(20-7-5-4-6-8-20)26-23(27(34)36)17-29-28(31-26)30-21-9-11-22(12-10-21)33-15-13-32(2)14-16-33/h4-12,17-18H,3,13-16,19H2,1-2H3,(H,29,30,31). The lowest BCUT2D eigenvalue weighted by atomic mass is 10.1. The van der Waals surface area contributed by atoms with E-state index in [1.807, 2.05) is 42.5 Å². The third-order valence-electron chi connectivity index (χ3n) is 6.50. The predicted octanol–water partition coefficient (Wildman–Crippen LogP) is 3.52. The van der Waals surface area contributed by atoms with E-state index in [-0.39, 0.29) is 18.7 Å². The first-order valence-corrected chi connectivity index (χ1v) is 12.4. The number of piperazine rings is 1. The number of nitrogens with zero attached hydrogens (tertiary/aromatic N) is 5. The van der Waals surface area contributed by atoms with Crippen molar-refractivity contribution < 1.29 is 9.53 Å². The second-order valence-corrected chi connectivity index (χ2v) is 9.06. The number of hydrogen-bond acceptors (Lipinski definition) is 8. The molecular weight excluding hydrogens is 468 g/mol. The normalized spacial score (nSPS) is 14.1. The molecule has 0 aliphatic carbocycles. The zero-order chi connectivity index (χ0) is 25.8. The van der Waals surface area contributed by atoms with Crippen molar-refractivity contribution in [2.75, 3.05) is 50.1 Å². The Labute approximate surface area is 215 Å². The molecule has 1 aliphatic rings. The van der Waals surface area contributed by atoms with Gasteiger partial charge in [0.15, 0.2) is 0 Å². The maximum Gasteiger partial charge on any atom is 0.326 e. The lowest BCUT2D eigenvalue weighted by Gasteiger charge is -2.34. The lowest BCUT2D eigenvalue weighted by Crippen LogP contribution is -2.44. The highest BCUT2D eigenvalue weighted by molar-refractivity contribution is 5.93. The van der Waals surface area contributed by atoms with Gasteiger partial charge >= 0.3 is 5.97 Å². The van der Waals surface area contributed by atoms with Crippen molar-refractivity contribution in [2.24, 2.45) is 0 Å². The minimum Gasteiger partial charge on any atom is -0.465 e. The van der Waals surface area contributed by atoms with Gasteiger partial charge in [-0.25, -0.2) is 9.97 Å². The van der Waals surface area contributed by atoms with Crippen molar-refractivity contribution >= 4 is 34.2 Å². The molecule has 9 heteroatoms. The van der Waals surface area contributed by atoms with E-state index in [0.29, 0.717) is 16.9 Å². The van der Waals surface area contributed by atoms with Crippen molar-refractivity contribution in [3.8, 4) is 11.1 Å². The summed E-state index contributed by atoms with van der Waals surface area (Å²) in [5.41, 5.74) is 3.83. The van der Waals surface area contributed by atoms with Gasteiger partial charge in [0, 0.05) is 55.5 Å². The van der Waals surface area contributed by atoms with E-state index in [1.54, 1.807) is 13.1 Å². The van der Waals surface area contributed by atoms with Crippen LogP contribution in [0.3, 0.4) is 0 Å². The summed E-state index contributed by atoms with van der Waals surface area (Å²) in [5.74, 6) is -0.0817. The SMILES string of the molecule is CCOC(=O)Cn1cc(-c2ccccc2)c2nc(Nc3ccc(N4CCN(C)CC4)cc3)ncc2c1=O. The van der Waals surface area contributed by atoms with Crippen LogP contribution >= 0.6 is 0 Å². The molecule has 0 amide bonds. The van der Waals surface area contributed by atoms with E-state index in [0.717, 1.165) is 43.0 Å². The minimum atomic E-state index is -0.470. The van der Waals surface area contributed by atoms with Crippen molar-refractivity contribution in [1.82, 2.24) is 19.4 Å². The second-order valence-electron chi connectivity index (χ2n) is 9.06. The fourth-order valence-corrected chi connectivity index (χ4v) is 4.48. The molecule has 0 spiro atoms. The number of rotatable bonds is 7. The van der Waals surface area contributed by atoms with Crippen molar-refractivity contribution in [3.05, 3.63) is 77.3 Å². The second kappa shape index (κ2) is 10.8. The number of carbonyl (C=O) groups is 1. The van der Waals surface area contributed by atoms with Crippen LogP contribution in [0.25, 0.3) is 22.0 Å². The van der Waals surface area contributed by atoms with E-state index in [1.165, 1.54) is 16.5 Å². The molecule has 2 aromatic carbocycles. The molecule has 0 atom stereocenters. The van der Waals surface area contributed by atoms with Crippen LogP contribution in [0.5, 0.6) is 0 Å². The summed E-state index contributed by atoms with van der Waals surface area (Å²) in [6, 6.07) is 17.9. The number of likely N-dealkylation sites (N-methyl/N-ethyl adjacent to an activating group) is 1. The molecule has 5 rings (SSSR count). The topological polar surface area (TPSA) is 92.6 Å². The van der Waals surface area contributed by atoms with Crippen LogP contribution in [-0.4, -0.2) is 65.2 Å². The van der Waals surface area contributed by atoms with Gasteiger partial charge in [-0.3, -0.25) is 9.59 Å². The Balaban J connectivity index is 1.47. The van der Waals surface area contributed by atoms with Crippen molar-refractivity contribution in [2.45, 2.75) is 13.5 Å². The van der Waals surface area contributed by atoms with Crippen molar-refractivity contribution in [3.63, 3.8) is 0 Å². The monoisotopic (exact) mass is 498 g/mol. The fourth-order valence-electron chi connectivity index (χ4n) is 4.48. The quantitative estimate of drug-likeness (QED) is 0.387. The van der Waals surface area contributed by atoms with E-state index in [9.17, 15) is 9.59 Å². The molecule has 1 fully saturated rings. The highest BCUT2D eigenvalue weighted by atomic mass is 16.5. The molecule has 0 radical (unpaired) electrons. The van der Waals surface area contributed by atoms with Crippen LogP contribution in [0.1, 0.15) is 6.92 Å². The molecule has 2 aromatic heterocycles. The van der Waals surface area contributed by atoms with Crippen LogP contribution in [-0.2, 0) is 16.1 Å². The lowest BCUT2D eigenvalue weighted by molar-refractivity contribution is -0.143. The summed E-state index contributed by atoms with van der Waals surface area (Å²) in [6.45, 7) is 5.93. The maximum atomic E-state index is 13.2. The highest BCUT2D eigenvalue weighted by Crippen LogP contribution is 2.27. The molecule has 0 saturated carbocycles. The summed E-state index contributed by atoms with van der Waals surface area (Å²) in [4.78, 5) is 39.1. The number of aromatic nitrogens is 3. The molecule has 0 bridgehead atoms. The summed E-state index contributed by atoms with van der Waals surface area (Å²) in [5, 5.41) is 3.60. The summed E-state index contributed by atoms with van der Waals surface area (Å²) in [6.07, 6.45) is 3.18. The highest BCUT2D eigenvalue weighted by Gasteiger charge is 2.17. The molecule has 9 nitrogen and oxygen atoms in total. The average Bonchev–Trinajstić information content (AvgIpc) is 2.92. The van der Waals surface area contributed by atoms with Gasteiger partial charge in [-0.05, 0) is 43.8 Å². The van der Waals surface area contributed by atoms with Crippen LogP contribution in [0, 0.1) is 0 Å². The van der Waals surface area contributed by atoms with Crippen LogP contribution < -0.4 is 15.8 Å². The number of esters is 1. The van der Waals surface area contributed by atoms with Crippen LogP contribution in [0.2, 0.25) is 0 Å². The third-order valence-corrected chi connectivity index (χ3v) is 6.50. The summed E-state index contributed by atoms with van der Waals surface area (Å²) >= 11 is 0. The number of pyridine rings is 1. The fraction of sp³-hybridized carbons (Fsp3) is 0.286. The number of hydrogen-bond donors (Lipinski definition) is 1. The van der Waals surface area contributed by atoms with E-state index >= 15 is 0 Å². The number of benzene rings is 2. The van der Waals surface area contributed by atoms with Gasteiger partial charge in [-0.2, -0.15) is 0 Å². The van der Waals surface area contributed by atoms with E-state index < -0.39 is 5.97 Å². The van der Waals surface area contributed by atoms with Gasteiger partial charge in [-0.1, -0.05) is 30.3 Å². The van der Waals surface area contributed by atoms with Crippen LogP contribution in [0.15, 0.2) is 71.8 Å². The van der Waals surface area contributed by atoms with E-state index in [2.05, 4.69) is 39.3 Å². The van der Waals surface area contributed by atoms with E-state index in [4.69, 9.17) is 9.72 Å². The van der Waals surface area contributed by atoms with Gasteiger partial charge in [0.05, 0.1) is 17.5 Å². The molecule has 0 unspecified atom stereocenters. The van der Waals surface area contributed by atoms with Crippen LogP contribution in [0.4, 0.5) is 17.3 Å². The zero-order valence-electron chi connectivity index (χ0n) is 21.1. The van der Waals surface area contributed by atoms with Gasteiger partial charge in [0.25, 0.3) is 5.56 Å². The number of ether oxygens (including phenoxy) is 1. The molecule has 190 valence electrons. The largest absolute Gasteiger partial charge is 0.465 e. The molecule has 1 saturated heterocycles. The van der Waals surface area contributed by atoms with Gasteiger partial charge in [0.1, 0.15) is 6.54 Å². The molecular formula is C28H30N6O3. The zero-order valence-corrected chi connectivity index (χ0v) is 21.1. The number of fused-ring (bicyclic) bond motifs is 1. The minimum absolute atomic E-state index is 0.178. The summed E-state index contributed by atoms with van der Waals surface area (Å²) in [7, 11) is 2.15. The first kappa shape index (κ1) is 24.5. The van der Waals surface area contributed by atoms with Gasteiger partial charge in [0.2, 0.25) is 5.95 Å². The Morgan fingerprint density at radius 1 is 1.03 bits per heavy atom. The Morgan fingerprint density at radius 2 is 1.76 bits per heavy atom. The van der Waals surface area contributed by atoms with Gasteiger partial charge in [-0.15, -0.1) is 0 Å². The third kappa shape index (κ3) is 5.46.